The van der Waals surface area contributed by atoms with Crippen LogP contribution in [0, 0.1) is 17.2 Å². The average Bonchev–Trinajstić information content (AvgIpc) is 2.94. The molecule has 1 saturated heterocycles. The van der Waals surface area contributed by atoms with Gasteiger partial charge in [-0.05, 0) is 112 Å². The van der Waals surface area contributed by atoms with E-state index in [0.717, 1.165) is 76.9 Å². The van der Waals surface area contributed by atoms with E-state index in [0.29, 0.717) is 41.9 Å². The van der Waals surface area contributed by atoms with Crippen molar-refractivity contribution in [3.05, 3.63) is 52.0 Å². The van der Waals surface area contributed by atoms with Gasteiger partial charge in [0.15, 0.2) is 0 Å². The Balaban J connectivity index is 1.14. The maximum atomic E-state index is 15.7. The maximum Gasteiger partial charge on any atom is 0.311 e. The number of carbonyl (C=O) groups is 1. The fourth-order valence-electron chi connectivity index (χ4n) is 6.89. The SMILES string of the molecule is CCc1c([C@H](C(=O)O)C2CCN(CCCCCc3ccc4c(n3)NCCC4)CC2)cc2c(c1F)CC(C)(C)CO2. The summed E-state index contributed by atoms with van der Waals surface area (Å²) in [6.07, 6.45) is 9.47. The van der Waals surface area contributed by atoms with E-state index in [1.807, 2.05) is 13.0 Å². The number of nitrogens with one attached hydrogen (secondary N) is 1. The van der Waals surface area contributed by atoms with Crippen LogP contribution in [0.3, 0.4) is 0 Å². The van der Waals surface area contributed by atoms with E-state index in [-0.39, 0.29) is 17.2 Å². The highest BCUT2D eigenvalue weighted by molar-refractivity contribution is 5.77. The molecule has 6 nitrogen and oxygen atoms in total. The Hall–Kier alpha value is -2.67. The Kier molecular flexibility index (Phi) is 8.98. The van der Waals surface area contributed by atoms with Gasteiger partial charge in [0, 0.05) is 23.2 Å². The second-order valence-corrected chi connectivity index (χ2v) is 12.9. The van der Waals surface area contributed by atoms with Gasteiger partial charge in [-0.1, -0.05) is 33.3 Å². The lowest BCUT2D eigenvalue weighted by molar-refractivity contribution is -0.140. The van der Waals surface area contributed by atoms with Gasteiger partial charge in [-0.25, -0.2) is 9.37 Å². The number of anilines is 1. The number of likely N-dealkylation sites (tertiary alicyclic amines) is 1. The van der Waals surface area contributed by atoms with Crippen LogP contribution < -0.4 is 10.1 Å². The Bertz CT molecular complexity index is 1210. The van der Waals surface area contributed by atoms with Gasteiger partial charge in [0.2, 0.25) is 0 Å². The number of aryl methyl sites for hydroxylation is 2. The first kappa shape index (κ1) is 28.8. The lowest BCUT2D eigenvalue weighted by atomic mass is 9.76. The van der Waals surface area contributed by atoms with Crippen LogP contribution in [0.2, 0.25) is 0 Å². The molecule has 2 aromatic rings. The lowest BCUT2D eigenvalue weighted by Gasteiger charge is -2.37. The van der Waals surface area contributed by atoms with Gasteiger partial charge < -0.3 is 20.1 Å². The number of ether oxygens (including phenoxy) is 1. The molecule has 1 atom stereocenters. The van der Waals surface area contributed by atoms with Gasteiger partial charge in [0.05, 0.1) is 12.5 Å². The number of halogens is 1. The largest absolute Gasteiger partial charge is 0.493 e. The minimum absolute atomic E-state index is 0.000208. The normalized spacial score (nSPS) is 19.7. The molecule has 1 fully saturated rings. The summed E-state index contributed by atoms with van der Waals surface area (Å²) in [4.78, 5) is 19.9. The molecule has 218 valence electrons. The number of carboxylic acids is 1. The van der Waals surface area contributed by atoms with Gasteiger partial charge in [0.1, 0.15) is 17.4 Å². The van der Waals surface area contributed by atoms with Gasteiger partial charge in [-0.3, -0.25) is 4.79 Å². The Labute approximate surface area is 238 Å². The standard InChI is InChI=1S/C33H46FN3O3/c1-4-25-26(19-28-27(30(25)34)20-33(2,3)21-40-28)29(32(38)39)22-13-17-37(18-14-22)16-7-5-6-10-24-12-11-23-9-8-15-35-31(23)36-24/h11-12,19,22,29H,4-10,13-18,20-21H2,1-3H3,(H,35,36)(H,38,39)/t29-/m1/s1. The summed E-state index contributed by atoms with van der Waals surface area (Å²) < 4.78 is 21.7. The van der Waals surface area contributed by atoms with Crippen molar-refractivity contribution >= 4 is 11.8 Å². The molecule has 0 radical (unpaired) electrons. The molecule has 1 aromatic heterocycles. The van der Waals surface area contributed by atoms with Crippen LogP contribution in [0.5, 0.6) is 5.75 Å². The maximum absolute atomic E-state index is 15.7. The van der Waals surface area contributed by atoms with Crippen molar-refractivity contribution in [2.24, 2.45) is 11.3 Å². The fraction of sp³-hybridized carbons (Fsp3) is 0.636. The number of carboxylic acid groups (broad SMARTS) is 1. The second-order valence-electron chi connectivity index (χ2n) is 12.9. The van der Waals surface area contributed by atoms with E-state index in [1.165, 1.54) is 17.7 Å². The summed E-state index contributed by atoms with van der Waals surface area (Å²) in [5.74, 6) is -0.196. The van der Waals surface area contributed by atoms with Gasteiger partial charge in [0.25, 0.3) is 0 Å². The number of hydrogen-bond acceptors (Lipinski definition) is 5. The molecule has 0 aliphatic carbocycles. The molecule has 0 saturated carbocycles. The molecule has 7 heteroatoms. The van der Waals surface area contributed by atoms with Crippen molar-refractivity contribution in [1.29, 1.82) is 0 Å². The predicted molar refractivity (Wildman–Crippen MR) is 157 cm³/mol. The highest BCUT2D eigenvalue weighted by Crippen LogP contribution is 2.43. The monoisotopic (exact) mass is 551 g/mol. The summed E-state index contributed by atoms with van der Waals surface area (Å²) in [6, 6.07) is 6.26. The Morgan fingerprint density at radius 3 is 2.80 bits per heavy atom. The number of rotatable bonds is 10. The van der Waals surface area contributed by atoms with Crippen LogP contribution in [0.15, 0.2) is 18.2 Å². The van der Waals surface area contributed by atoms with Crippen molar-refractivity contribution in [3.63, 3.8) is 0 Å². The number of fused-ring (bicyclic) bond motifs is 2. The van der Waals surface area contributed by atoms with Crippen molar-refractivity contribution < 1.29 is 19.0 Å². The zero-order valence-corrected chi connectivity index (χ0v) is 24.5. The topological polar surface area (TPSA) is 74.7 Å². The van der Waals surface area contributed by atoms with E-state index < -0.39 is 11.9 Å². The number of hydrogen-bond donors (Lipinski definition) is 2. The third kappa shape index (κ3) is 6.45. The fourth-order valence-corrected chi connectivity index (χ4v) is 6.89. The van der Waals surface area contributed by atoms with Crippen molar-refractivity contribution in [3.8, 4) is 5.75 Å². The molecular formula is C33H46FN3O3. The Morgan fingerprint density at radius 1 is 1.25 bits per heavy atom. The molecular weight excluding hydrogens is 505 g/mol. The summed E-state index contributed by atoms with van der Waals surface area (Å²) in [6.45, 7) is 10.4. The molecule has 3 aliphatic rings. The van der Waals surface area contributed by atoms with Gasteiger partial charge in [-0.15, -0.1) is 0 Å². The van der Waals surface area contributed by atoms with Crippen LogP contribution in [0.25, 0.3) is 0 Å². The highest BCUT2D eigenvalue weighted by Gasteiger charge is 2.37. The number of unbranched alkanes of at least 4 members (excludes halogenated alkanes) is 2. The van der Waals surface area contributed by atoms with Crippen LogP contribution >= 0.6 is 0 Å². The van der Waals surface area contributed by atoms with Crippen molar-refractivity contribution in [2.45, 2.75) is 90.9 Å². The first-order valence-electron chi connectivity index (χ1n) is 15.4. The minimum atomic E-state index is -0.852. The summed E-state index contributed by atoms with van der Waals surface area (Å²) in [7, 11) is 0. The zero-order chi connectivity index (χ0) is 28.3. The first-order chi connectivity index (χ1) is 19.3. The molecule has 0 amide bonds. The van der Waals surface area contributed by atoms with Crippen LogP contribution in [0.1, 0.15) is 93.2 Å². The van der Waals surface area contributed by atoms with E-state index >= 15 is 4.39 Å². The van der Waals surface area contributed by atoms with E-state index in [4.69, 9.17) is 9.72 Å². The lowest BCUT2D eigenvalue weighted by Crippen LogP contribution is -2.38. The first-order valence-corrected chi connectivity index (χ1v) is 15.4. The molecule has 3 aliphatic heterocycles. The summed E-state index contributed by atoms with van der Waals surface area (Å²) in [5.41, 5.74) is 4.16. The van der Waals surface area contributed by atoms with Gasteiger partial charge >= 0.3 is 5.97 Å². The molecule has 2 N–H and O–H groups in total. The molecule has 0 bridgehead atoms. The number of aromatic nitrogens is 1. The smallest absolute Gasteiger partial charge is 0.311 e. The quantitative estimate of drug-likeness (QED) is 0.333. The van der Waals surface area contributed by atoms with Crippen molar-refractivity contribution in [2.75, 3.05) is 38.1 Å². The van der Waals surface area contributed by atoms with Crippen molar-refractivity contribution in [1.82, 2.24) is 9.88 Å². The van der Waals surface area contributed by atoms with Crippen LogP contribution in [-0.4, -0.2) is 53.7 Å². The molecule has 0 spiro atoms. The van der Waals surface area contributed by atoms with Gasteiger partial charge in [-0.2, -0.15) is 0 Å². The molecule has 4 heterocycles. The van der Waals surface area contributed by atoms with E-state index in [1.54, 1.807) is 0 Å². The third-order valence-corrected chi connectivity index (χ3v) is 9.15. The van der Waals surface area contributed by atoms with E-state index in [9.17, 15) is 9.90 Å². The van der Waals surface area contributed by atoms with Crippen LogP contribution in [0.4, 0.5) is 10.2 Å². The third-order valence-electron chi connectivity index (χ3n) is 9.15. The zero-order valence-electron chi connectivity index (χ0n) is 24.5. The minimum Gasteiger partial charge on any atom is -0.493 e. The highest BCUT2D eigenvalue weighted by atomic mass is 19.1. The number of benzene rings is 1. The average molecular weight is 552 g/mol. The molecule has 5 rings (SSSR count). The number of pyridine rings is 1. The molecule has 40 heavy (non-hydrogen) atoms. The number of nitrogens with zero attached hydrogens (tertiary/aromatic N) is 2. The van der Waals surface area contributed by atoms with Crippen LogP contribution in [-0.2, 0) is 30.5 Å². The second kappa shape index (κ2) is 12.5. The number of aliphatic carboxylic acids is 1. The summed E-state index contributed by atoms with van der Waals surface area (Å²) in [5, 5.41) is 13.7. The Morgan fingerprint density at radius 2 is 2.05 bits per heavy atom. The predicted octanol–water partition coefficient (Wildman–Crippen LogP) is 6.40. The molecule has 1 aromatic carbocycles. The molecule has 0 unspecified atom stereocenters. The number of piperidine rings is 1. The van der Waals surface area contributed by atoms with E-state index in [2.05, 4.69) is 36.2 Å². The summed E-state index contributed by atoms with van der Waals surface area (Å²) >= 11 is 0.